The number of anilines is 3. The zero-order chi connectivity index (χ0) is 29.9. The van der Waals surface area contributed by atoms with Gasteiger partial charge in [0.25, 0.3) is 0 Å². The summed E-state index contributed by atoms with van der Waals surface area (Å²) in [6.07, 6.45) is 2.86. The average Bonchev–Trinajstić information content (AvgIpc) is 3.43. The van der Waals surface area contributed by atoms with Crippen LogP contribution in [-0.2, 0) is 11.4 Å². The van der Waals surface area contributed by atoms with Crippen LogP contribution in [0, 0.1) is 0 Å². The van der Waals surface area contributed by atoms with E-state index in [9.17, 15) is 4.79 Å². The largest absolute Gasteiger partial charge is 0.487 e. The maximum absolute atomic E-state index is 13.2. The predicted molar refractivity (Wildman–Crippen MR) is 177 cm³/mol. The SMILES string of the molecule is CC(=O)C1=NN(c2ccccc2)[C@H](c2cc(Cl)cc(Cl)c2OCc2ccccc2)N1c1ccc(N2CCCCC2)c(Cl)c1. The number of nitrogens with zero attached hydrogens (tertiary/aromatic N) is 4. The summed E-state index contributed by atoms with van der Waals surface area (Å²) >= 11 is 20.4. The lowest BCUT2D eigenvalue weighted by Gasteiger charge is -2.34. The Labute approximate surface area is 267 Å². The molecule has 43 heavy (non-hydrogen) atoms. The third kappa shape index (κ3) is 6.19. The van der Waals surface area contributed by atoms with Crippen LogP contribution in [0.25, 0.3) is 0 Å². The van der Waals surface area contributed by atoms with Crippen molar-refractivity contribution in [2.75, 3.05) is 27.9 Å². The Morgan fingerprint density at radius 2 is 1.53 bits per heavy atom. The zero-order valence-corrected chi connectivity index (χ0v) is 26.0. The summed E-state index contributed by atoms with van der Waals surface area (Å²) in [5.41, 5.74) is 4.14. The number of Topliss-reactive ketones (excluding diaryl/α,β-unsaturated/α-hetero) is 1. The number of ketones is 1. The number of hydrogen-bond donors (Lipinski definition) is 0. The Morgan fingerprint density at radius 1 is 0.837 bits per heavy atom. The monoisotopic (exact) mass is 632 g/mol. The quantitative estimate of drug-likeness (QED) is 0.194. The van der Waals surface area contributed by atoms with Crippen molar-refractivity contribution < 1.29 is 9.53 Å². The molecule has 2 aliphatic rings. The summed E-state index contributed by atoms with van der Waals surface area (Å²) in [5, 5.41) is 8.09. The van der Waals surface area contributed by atoms with Gasteiger partial charge in [-0.25, -0.2) is 5.01 Å². The van der Waals surface area contributed by atoms with Crippen LogP contribution in [-0.4, -0.2) is 24.7 Å². The third-order valence-electron chi connectivity index (χ3n) is 7.69. The minimum absolute atomic E-state index is 0.195. The lowest BCUT2D eigenvalue weighted by Crippen LogP contribution is -2.38. The van der Waals surface area contributed by atoms with Gasteiger partial charge in [0.15, 0.2) is 17.8 Å². The van der Waals surface area contributed by atoms with Crippen molar-refractivity contribution in [1.82, 2.24) is 0 Å². The van der Waals surface area contributed by atoms with E-state index in [0.29, 0.717) is 38.7 Å². The predicted octanol–water partition coefficient (Wildman–Crippen LogP) is 9.14. The van der Waals surface area contributed by atoms with Crippen molar-refractivity contribution in [3.63, 3.8) is 0 Å². The van der Waals surface area contributed by atoms with E-state index in [1.165, 1.54) is 13.3 Å². The lowest BCUT2D eigenvalue weighted by molar-refractivity contribution is -0.111. The molecule has 0 aliphatic carbocycles. The van der Waals surface area contributed by atoms with Gasteiger partial charge in [-0.1, -0.05) is 83.3 Å². The van der Waals surface area contributed by atoms with E-state index in [1.807, 2.05) is 89.8 Å². The average molecular weight is 634 g/mol. The van der Waals surface area contributed by atoms with Crippen LogP contribution in [0.4, 0.5) is 17.1 Å². The number of amidine groups is 1. The third-order valence-corrected chi connectivity index (χ3v) is 8.49. The summed E-state index contributed by atoms with van der Waals surface area (Å²) in [6.45, 7) is 3.75. The van der Waals surface area contributed by atoms with Crippen LogP contribution in [0.1, 0.15) is 43.5 Å². The number of piperidine rings is 1. The summed E-state index contributed by atoms with van der Waals surface area (Å²) in [7, 11) is 0. The minimum atomic E-state index is -0.653. The lowest BCUT2D eigenvalue weighted by atomic mass is 10.1. The second-order valence-corrected chi connectivity index (χ2v) is 11.9. The van der Waals surface area contributed by atoms with Gasteiger partial charge in [-0.15, -0.1) is 5.10 Å². The fraction of sp³-hybridized carbons (Fsp3) is 0.235. The molecule has 0 spiro atoms. The highest BCUT2D eigenvalue weighted by Crippen LogP contribution is 2.46. The van der Waals surface area contributed by atoms with Gasteiger partial charge in [0.1, 0.15) is 12.4 Å². The molecular weight excluding hydrogens is 603 g/mol. The fourth-order valence-corrected chi connectivity index (χ4v) is 6.53. The minimum Gasteiger partial charge on any atom is -0.487 e. The number of carbonyl (C=O) groups excluding carboxylic acids is 1. The summed E-state index contributed by atoms with van der Waals surface area (Å²) in [5.74, 6) is 0.530. The van der Waals surface area contributed by atoms with Crippen molar-refractivity contribution in [3.05, 3.63) is 117 Å². The highest BCUT2D eigenvalue weighted by Gasteiger charge is 2.41. The van der Waals surface area contributed by atoms with Crippen LogP contribution >= 0.6 is 34.8 Å². The molecule has 9 heteroatoms. The molecule has 4 aromatic carbocycles. The fourth-order valence-electron chi connectivity index (χ4n) is 5.68. The number of hydrogen-bond acceptors (Lipinski definition) is 6. The molecule has 0 amide bonds. The van der Waals surface area contributed by atoms with Gasteiger partial charge in [-0.2, -0.15) is 0 Å². The number of para-hydroxylation sites is 1. The molecule has 1 fully saturated rings. The van der Waals surface area contributed by atoms with Crippen molar-refractivity contribution >= 4 is 63.5 Å². The Bertz CT molecular complexity index is 1640. The van der Waals surface area contributed by atoms with E-state index in [2.05, 4.69) is 4.90 Å². The first-order valence-corrected chi connectivity index (χ1v) is 15.5. The van der Waals surface area contributed by atoms with Gasteiger partial charge in [0.05, 0.1) is 21.4 Å². The first kappa shape index (κ1) is 29.4. The summed E-state index contributed by atoms with van der Waals surface area (Å²) in [4.78, 5) is 17.4. The first-order valence-electron chi connectivity index (χ1n) is 14.3. The van der Waals surface area contributed by atoms with Gasteiger partial charge in [0, 0.05) is 36.3 Å². The van der Waals surface area contributed by atoms with Crippen molar-refractivity contribution in [1.29, 1.82) is 0 Å². The molecular formula is C34H31Cl3N4O2. The number of halogens is 3. The van der Waals surface area contributed by atoms with E-state index in [1.54, 1.807) is 11.1 Å². The van der Waals surface area contributed by atoms with Crippen LogP contribution in [0.2, 0.25) is 15.1 Å². The van der Waals surface area contributed by atoms with Gasteiger partial charge in [0.2, 0.25) is 0 Å². The molecule has 6 rings (SSSR count). The molecule has 1 saturated heterocycles. The van der Waals surface area contributed by atoms with E-state index in [4.69, 9.17) is 44.6 Å². The number of ether oxygens (including phenoxy) is 1. The highest BCUT2D eigenvalue weighted by molar-refractivity contribution is 6.44. The molecule has 1 atom stereocenters. The molecule has 0 bridgehead atoms. The molecule has 0 aromatic heterocycles. The van der Waals surface area contributed by atoms with E-state index < -0.39 is 6.17 Å². The maximum atomic E-state index is 13.2. The molecule has 2 aliphatic heterocycles. The van der Waals surface area contributed by atoms with Crippen molar-refractivity contribution in [2.24, 2.45) is 5.10 Å². The topological polar surface area (TPSA) is 48.4 Å². The number of hydrazone groups is 1. The zero-order valence-electron chi connectivity index (χ0n) is 23.7. The van der Waals surface area contributed by atoms with E-state index in [-0.39, 0.29) is 11.6 Å². The van der Waals surface area contributed by atoms with Crippen LogP contribution in [0.5, 0.6) is 5.75 Å². The molecule has 0 N–H and O–H groups in total. The van der Waals surface area contributed by atoms with Gasteiger partial charge in [-0.05, 0) is 67.3 Å². The van der Waals surface area contributed by atoms with E-state index in [0.717, 1.165) is 42.9 Å². The first-order chi connectivity index (χ1) is 20.9. The molecule has 4 aromatic rings. The van der Waals surface area contributed by atoms with Crippen molar-refractivity contribution in [3.8, 4) is 5.75 Å². The highest BCUT2D eigenvalue weighted by atomic mass is 35.5. The standard InChI is InChI=1S/C34H31Cl3N4O2/c1-23(42)33-38-41(26-13-7-3-8-14-26)34(40(33)27-15-16-31(29(36)21-27)39-17-9-4-10-18-39)28-19-25(35)20-30(37)32(28)43-22-24-11-5-2-6-12-24/h2-3,5-8,11-16,19-21,34H,4,9-10,17-18,22H2,1H3/t34-/m1/s1. The van der Waals surface area contributed by atoms with Crippen molar-refractivity contribution in [2.45, 2.75) is 39.0 Å². The number of carbonyl (C=O) groups is 1. The molecule has 6 nitrogen and oxygen atoms in total. The van der Waals surface area contributed by atoms with Gasteiger partial charge in [-0.3, -0.25) is 9.69 Å². The molecule has 220 valence electrons. The number of rotatable bonds is 8. The molecule has 0 saturated carbocycles. The van der Waals surface area contributed by atoms with Gasteiger partial charge < -0.3 is 9.64 Å². The second-order valence-electron chi connectivity index (χ2n) is 10.7. The molecule has 2 heterocycles. The summed E-state index contributed by atoms with van der Waals surface area (Å²) < 4.78 is 6.40. The van der Waals surface area contributed by atoms with Crippen LogP contribution in [0.3, 0.4) is 0 Å². The van der Waals surface area contributed by atoms with Gasteiger partial charge >= 0.3 is 0 Å². The number of benzene rings is 4. The Balaban J connectivity index is 1.49. The van der Waals surface area contributed by atoms with E-state index >= 15 is 0 Å². The smallest absolute Gasteiger partial charge is 0.198 e. The van der Waals surface area contributed by atoms with Crippen LogP contribution < -0.4 is 19.5 Å². The Kier molecular flexibility index (Phi) is 8.80. The summed E-state index contributed by atoms with van der Waals surface area (Å²) in [6, 6.07) is 29.0. The Hall–Kier alpha value is -3.71. The van der Waals surface area contributed by atoms with Crippen LogP contribution in [0.15, 0.2) is 96.1 Å². The molecule has 0 unspecified atom stereocenters. The molecule has 0 radical (unpaired) electrons. The maximum Gasteiger partial charge on any atom is 0.198 e. The normalized spacial score (nSPS) is 16.8. The Morgan fingerprint density at radius 3 is 2.21 bits per heavy atom. The second kappa shape index (κ2) is 12.9.